The van der Waals surface area contributed by atoms with Gasteiger partial charge in [0.1, 0.15) is 0 Å². The zero-order valence-electron chi connectivity index (χ0n) is 19.3. The highest BCUT2D eigenvalue weighted by atomic mass is 32.2. The first-order chi connectivity index (χ1) is 16.5. The molecule has 2 amide bonds. The monoisotopic (exact) mass is 481 g/mol. The fourth-order valence-corrected chi connectivity index (χ4v) is 3.90. The maximum atomic E-state index is 12.3. The van der Waals surface area contributed by atoms with E-state index in [2.05, 4.69) is 20.8 Å². The van der Waals surface area contributed by atoms with Crippen molar-refractivity contribution < 1.29 is 19.1 Å². The van der Waals surface area contributed by atoms with Gasteiger partial charge in [0.2, 0.25) is 11.8 Å². The molecule has 2 N–H and O–H groups in total. The number of aromatic nitrogens is 3. The van der Waals surface area contributed by atoms with Crippen LogP contribution in [0.25, 0.3) is 6.08 Å². The molecule has 3 aromatic rings. The zero-order chi connectivity index (χ0) is 24.3. The van der Waals surface area contributed by atoms with E-state index < -0.39 is 0 Å². The van der Waals surface area contributed by atoms with Crippen LogP contribution in [0.2, 0.25) is 0 Å². The van der Waals surface area contributed by atoms with Crippen molar-refractivity contribution in [2.75, 3.05) is 25.3 Å². The Morgan fingerprint density at radius 3 is 2.53 bits per heavy atom. The molecule has 0 aliphatic carbocycles. The molecule has 0 saturated heterocycles. The molecule has 0 atom stereocenters. The van der Waals surface area contributed by atoms with Gasteiger partial charge in [-0.3, -0.25) is 9.59 Å². The molecule has 0 fully saturated rings. The first kappa shape index (κ1) is 24.8. The number of hydrogen-bond acceptors (Lipinski definition) is 7. The van der Waals surface area contributed by atoms with Crippen molar-refractivity contribution in [1.29, 1.82) is 0 Å². The number of anilines is 1. The second-order valence-electron chi connectivity index (χ2n) is 7.01. The first-order valence-electron chi connectivity index (χ1n) is 10.6. The Kier molecular flexibility index (Phi) is 9.10. The van der Waals surface area contributed by atoms with Gasteiger partial charge in [-0.1, -0.05) is 36.0 Å². The molecule has 0 unspecified atom stereocenters. The van der Waals surface area contributed by atoms with Crippen LogP contribution in [0.1, 0.15) is 18.3 Å². The van der Waals surface area contributed by atoms with Crippen LogP contribution in [0.15, 0.2) is 59.8 Å². The standard InChI is InChI=1S/C24H27N5O4S/c1-4-29-21(27-28-24(29)34-16-23(31)26-18-8-6-5-7-9-18)15-25-22(30)13-11-17-10-12-19(32-2)20(14-17)33-3/h5-14H,4,15-16H2,1-3H3,(H,25,30)(H,26,31)/b13-11+. The fraction of sp³-hybridized carbons (Fsp3) is 0.250. The fourth-order valence-electron chi connectivity index (χ4n) is 3.08. The average molecular weight is 482 g/mol. The molecule has 0 aliphatic heterocycles. The molecule has 1 aromatic heterocycles. The first-order valence-corrected chi connectivity index (χ1v) is 11.6. The molecule has 178 valence electrons. The Morgan fingerprint density at radius 1 is 1.06 bits per heavy atom. The molecule has 2 aromatic carbocycles. The number of hydrogen-bond donors (Lipinski definition) is 2. The lowest BCUT2D eigenvalue weighted by Crippen LogP contribution is -2.22. The number of rotatable bonds is 11. The van der Waals surface area contributed by atoms with E-state index in [0.29, 0.717) is 29.0 Å². The van der Waals surface area contributed by atoms with E-state index in [1.807, 2.05) is 47.9 Å². The quantitative estimate of drug-likeness (QED) is 0.319. The largest absolute Gasteiger partial charge is 0.493 e. The van der Waals surface area contributed by atoms with Crippen molar-refractivity contribution in [3.05, 3.63) is 66.0 Å². The van der Waals surface area contributed by atoms with Crippen LogP contribution in [-0.4, -0.2) is 46.6 Å². The minimum Gasteiger partial charge on any atom is -0.493 e. The summed E-state index contributed by atoms with van der Waals surface area (Å²) in [5.41, 5.74) is 1.55. The average Bonchev–Trinajstić information content (AvgIpc) is 3.27. The summed E-state index contributed by atoms with van der Waals surface area (Å²) in [4.78, 5) is 24.5. The minimum atomic E-state index is -0.267. The molecule has 0 radical (unpaired) electrons. The van der Waals surface area contributed by atoms with Gasteiger partial charge in [0, 0.05) is 18.3 Å². The van der Waals surface area contributed by atoms with Crippen LogP contribution >= 0.6 is 11.8 Å². The summed E-state index contributed by atoms with van der Waals surface area (Å²) in [6.45, 7) is 2.79. The van der Waals surface area contributed by atoms with Crippen molar-refractivity contribution in [3.63, 3.8) is 0 Å². The van der Waals surface area contributed by atoms with Gasteiger partial charge < -0.3 is 24.7 Å². The van der Waals surface area contributed by atoms with Gasteiger partial charge in [-0.15, -0.1) is 10.2 Å². The number of amides is 2. The smallest absolute Gasteiger partial charge is 0.244 e. The van der Waals surface area contributed by atoms with Gasteiger partial charge in [-0.2, -0.15) is 0 Å². The van der Waals surface area contributed by atoms with Crippen molar-refractivity contribution in [1.82, 2.24) is 20.1 Å². The lowest BCUT2D eigenvalue weighted by Gasteiger charge is -2.08. The number of para-hydroxylation sites is 1. The highest BCUT2D eigenvalue weighted by molar-refractivity contribution is 7.99. The number of carbonyl (C=O) groups is 2. The number of nitrogens with one attached hydrogen (secondary N) is 2. The topological polar surface area (TPSA) is 107 Å². The van der Waals surface area contributed by atoms with Gasteiger partial charge in [0.15, 0.2) is 22.5 Å². The van der Waals surface area contributed by atoms with Gasteiger partial charge in [-0.05, 0) is 42.8 Å². The number of thioether (sulfide) groups is 1. The Labute approximate surface area is 202 Å². The van der Waals surface area contributed by atoms with Crippen LogP contribution in [0.3, 0.4) is 0 Å². The van der Waals surface area contributed by atoms with E-state index in [-0.39, 0.29) is 24.1 Å². The Bertz CT molecular complexity index is 1150. The lowest BCUT2D eigenvalue weighted by atomic mass is 10.2. The van der Waals surface area contributed by atoms with E-state index in [1.165, 1.54) is 17.8 Å². The summed E-state index contributed by atoms with van der Waals surface area (Å²) >= 11 is 1.30. The van der Waals surface area contributed by atoms with Crippen LogP contribution in [0.4, 0.5) is 5.69 Å². The molecule has 3 rings (SSSR count). The van der Waals surface area contributed by atoms with E-state index >= 15 is 0 Å². The molecule has 9 nitrogen and oxygen atoms in total. The minimum absolute atomic E-state index is 0.128. The lowest BCUT2D eigenvalue weighted by molar-refractivity contribution is -0.116. The summed E-state index contributed by atoms with van der Waals surface area (Å²) in [7, 11) is 3.13. The summed E-state index contributed by atoms with van der Waals surface area (Å²) in [5.74, 6) is 1.63. The molecular weight excluding hydrogens is 454 g/mol. The number of benzene rings is 2. The summed E-state index contributed by atoms with van der Waals surface area (Å²) in [6.07, 6.45) is 3.13. The second kappa shape index (κ2) is 12.4. The Morgan fingerprint density at radius 2 is 1.82 bits per heavy atom. The molecule has 0 aliphatic rings. The third-order valence-electron chi connectivity index (χ3n) is 4.76. The summed E-state index contributed by atoms with van der Waals surface area (Å²) in [6, 6.07) is 14.7. The highest BCUT2D eigenvalue weighted by Gasteiger charge is 2.14. The van der Waals surface area contributed by atoms with Crippen molar-refractivity contribution >= 4 is 35.3 Å². The third-order valence-corrected chi connectivity index (χ3v) is 5.72. The summed E-state index contributed by atoms with van der Waals surface area (Å²) in [5, 5.41) is 14.6. The second-order valence-corrected chi connectivity index (χ2v) is 7.95. The molecular formula is C24H27N5O4S. The van der Waals surface area contributed by atoms with E-state index in [1.54, 1.807) is 32.4 Å². The maximum Gasteiger partial charge on any atom is 0.244 e. The van der Waals surface area contributed by atoms with Crippen molar-refractivity contribution in [3.8, 4) is 11.5 Å². The molecule has 0 saturated carbocycles. The maximum absolute atomic E-state index is 12.3. The van der Waals surface area contributed by atoms with Crippen molar-refractivity contribution in [2.24, 2.45) is 0 Å². The van der Waals surface area contributed by atoms with Crippen LogP contribution < -0.4 is 20.1 Å². The molecule has 1 heterocycles. The highest BCUT2D eigenvalue weighted by Crippen LogP contribution is 2.28. The Balaban J connectivity index is 1.53. The predicted octanol–water partition coefficient (Wildman–Crippen LogP) is 3.38. The van der Waals surface area contributed by atoms with Gasteiger partial charge in [0.05, 0.1) is 26.5 Å². The van der Waals surface area contributed by atoms with Crippen LogP contribution in [0, 0.1) is 0 Å². The van der Waals surface area contributed by atoms with Gasteiger partial charge in [0.25, 0.3) is 0 Å². The molecule has 34 heavy (non-hydrogen) atoms. The van der Waals surface area contributed by atoms with Gasteiger partial charge >= 0.3 is 0 Å². The Hall–Kier alpha value is -3.79. The van der Waals surface area contributed by atoms with Crippen LogP contribution in [0.5, 0.6) is 11.5 Å². The number of carbonyl (C=O) groups excluding carboxylic acids is 2. The van der Waals surface area contributed by atoms with E-state index in [9.17, 15) is 9.59 Å². The molecule has 0 bridgehead atoms. The van der Waals surface area contributed by atoms with Crippen LogP contribution in [-0.2, 0) is 22.7 Å². The SMILES string of the molecule is CCn1c(CNC(=O)/C=C/c2ccc(OC)c(OC)c2)nnc1SCC(=O)Nc1ccccc1. The third kappa shape index (κ3) is 6.85. The number of ether oxygens (including phenoxy) is 2. The molecule has 0 spiro atoms. The number of nitrogens with zero attached hydrogens (tertiary/aromatic N) is 3. The zero-order valence-corrected chi connectivity index (χ0v) is 20.1. The van der Waals surface area contributed by atoms with E-state index in [0.717, 1.165) is 11.3 Å². The molecule has 10 heteroatoms. The van der Waals surface area contributed by atoms with Gasteiger partial charge in [-0.25, -0.2) is 0 Å². The number of methoxy groups -OCH3 is 2. The normalized spacial score (nSPS) is 10.8. The predicted molar refractivity (Wildman–Crippen MR) is 132 cm³/mol. The van der Waals surface area contributed by atoms with E-state index in [4.69, 9.17) is 9.47 Å². The van der Waals surface area contributed by atoms with Crippen molar-refractivity contribution in [2.45, 2.75) is 25.2 Å². The summed E-state index contributed by atoms with van der Waals surface area (Å²) < 4.78 is 12.4.